The van der Waals surface area contributed by atoms with E-state index in [2.05, 4.69) is 0 Å². The van der Waals surface area contributed by atoms with Gasteiger partial charge in [0, 0.05) is 6.04 Å². The van der Waals surface area contributed by atoms with E-state index in [1.165, 1.54) is 4.90 Å². The number of carboxylic acid groups (broad SMARTS) is 1. The first-order chi connectivity index (χ1) is 7.58. The molecule has 1 amide bonds. The summed E-state index contributed by atoms with van der Waals surface area (Å²) in [6.07, 6.45) is 0.595. The lowest BCUT2D eigenvalue weighted by Crippen LogP contribution is -2.54. The van der Waals surface area contributed by atoms with Crippen molar-refractivity contribution in [3.63, 3.8) is 0 Å². The van der Waals surface area contributed by atoms with Crippen LogP contribution in [0.15, 0.2) is 0 Å². The van der Waals surface area contributed by atoms with E-state index in [0.717, 1.165) is 0 Å². The van der Waals surface area contributed by atoms with Crippen molar-refractivity contribution >= 4 is 12.1 Å². The Morgan fingerprint density at radius 1 is 1.41 bits per heavy atom. The normalized spacial score (nSPS) is 29.2. The van der Waals surface area contributed by atoms with Crippen molar-refractivity contribution in [2.45, 2.75) is 64.6 Å². The van der Waals surface area contributed by atoms with Gasteiger partial charge in [-0.1, -0.05) is 0 Å². The number of likely N-dealkylation sites (tertiary alicyclic amines) is 1. The Morgan fingerprint density at radius 3 is 2.35 bits per heavy atom. The minimum absolute atomic E-state index is 0.106. The largest absolute Gasteiger partial charge is 0.480 e. The minimum Gasteiger partial charge on any atom is -0.480 e. The van der Waals surface area contributed by atoms with Crippen molar-refractivity contribution in [2.24, 2.45) is 0 Å². The van der Waals surface area contributed by atoms with Gasteiger partial charge in [0.2, 0.25) is 0 Å². The lowest BCUT2D eigenvalue weighted by molar-refractivity contribution is -0.149. The molecule has 1 aliphatic rings. The molecule has 1 heterocycles. The molecule has 0 unspecified atom stereocenters. The molecule has 1 N–H and O–H groups in total. The Bertz CT molecular complexity index is 334. The van der Waals surface area contributed by atoms with E-state index in [0.29, 0.717) is 12.8 Å². The summed E-state index contributed by atoms with van der Waals surface area (Å²) in [7, 11) is 0. The number of rotatable bonds is 1. The van der Waals surface area contributed by atoms with E-state index in [1.807, 2.05) is 6.92 Å². The molecule has 2 atom stereocenters. The first-order valence-electron chi connectivity index (χ1n) is 5.83. The van der Waals surface area contributed by atoms with Crippen molar-refractivity contribution in [3.8, 4) is 0 Å². The summed E-state index contributed by atoms with van der Waals surface area (Å²) in [4.78, 5) is 24.7. The highest BCUT2D eigenvalue weighted by molar-refractivity contribution is 5.85. The first-order valence-corrected chi connectivity index (χ1v) is 5.83. The average molecular weight is 243 g/mol. The Morgan fingerprint density at radius 2 is 1.94 bits per heavy atom. The van der Waals surface area contributed by atoms with Crippen LogP contribution in [-0.2, 0) is 9.53 Å². The van der Waals surface area contributed by atoms with Crippen molar-refractivity contribution in [1.29, 1.82) is 0 Å². The number of aliphatic carboxylic acids is 1. The van der Waals surface area contributed by atoms with E-state index < -0.39 is 23.2 Å². The van der Waals surface area contributed by atoms with Crippen molar-refractivity contribution in [3.05, 3.63) is 0 Å². The molecule has 1 aliphatic heterocycles. The molecular formula is C12H21NO4. The van der Waals surface area contributed by atoms with Crippen molar-refractivity contribution in [1.82, 2.24) is 4.90 Å². The zero-order chi connectivity index (χ0) is 13.4. The molecule has 1 fully saturated rings. The van der Waals surface area contributed by atoms with Gasteiger partial charge >= 0.3 is 12.1 Å². The van der Waals surface area contributed by atoms with Gasteiger partial charge in [0.1, 0.15) is 11.1 Å². The van der Waals surface area contributed by atoms with Gasteiger partial charge in [0.25, 0.3) is 0 Å². The summed E-state index contributed by atoms with van der Waals surface area (Å²) >= 11 is 0. The Kier molecular flexibility index (Phi) is 3.41. The molecule has 5 heteroatoms. The Balaban J connectivity index is 2.93. The molecule has 0 aromatic carbocycles. The van der Waals surface area contributed by atoms with Crippen molar-refractivity contribution in [2.75, 3.05) is 0 Å². The molecule has 0 saturated carbocycles. The summed E-state index contributed by atoms with van der Waals surface area (Å²) in [6, 6.07) is -0.106. The zero-order valence-electron chi connectivity index (χ0n) is 11.1. The number of carboxylic acids is 1. The van der Waals surface area contributed by atoms with Crippen LogP contribution in [0.25, 0.3) is 0 Å². The lowest BCUT2D eigenvalue weighted by atomic mass is 10.00. The van der Waals surface area contributed by atoms with Crippen LogP contribution in [0.3, 0.4) is 0 Å². The second kappa shape index (κ2) is 4.20. The monoisotopic (exact) mass is 243 g/mol. The fourth-order valence-electron chi connectivity index (χ4n) is 2.13. The van der Waals surface area contributed by atoms with Crippen molar-refractivity contribution < 1.29 is 19.4 Å². The van der Waals surface area contributed by atoms with Crippen LogP contribution >= 0.6 is 0 Å². The predicted molar refractivity (Wildman–Crippen MR) is 62.8 cm³/mol. The fourth-order valence-corrected chi connectivity index (χ4v) is 2.13. The second-order valence-electron chi connectivity index (χ2n) is 5.82. The molecule has 0 aromatic rings. The molecule has 0 aromatic heterocycles. The van der Waals surface area contributed by atoms with E-state index in [-0.39, 0.29) is 6.04 Å². The number of carbonyl (C=O) groups excluding carboxylic acids is 1. The highest BCUT2D eigenvalue weighted by atomic mass is 16.6. The summed E-state index contributed by atoms with van der Waals surface area (Å²) in [5.41, 5.74) is -1.76. The SMILES string of the molecule is C[C@H]1CC[C@](C)(C(=O)O)N1C(=O)OC(C)(C)C. The molecule has 1 rings (SSSR count). The summed E-state index contributed by atoms with van der Waals surface area (Å²) < 4.78 is 5.26. The molecule has 0 bridgehead atoms. The van der Waals surface area contributed by atoms with Crippen LogP contribution in [0.1, 0.15) is 47.5 Å². The smallest absolute Gasteiger partial charge is 0.411 e. The fraction of sp³-hybridized carbons (Fsp3) is 0.833. The van der Waals surface area contributed by atoms with Gasteiger partial charge in [-0.3, -0.25) is 4.90 Å². The number of carbonyl (C=O) groups is 2. The van der Waals surface area contributed by atoms with Crippen LogP contribution in [0.5, 0.6) is 0 Å². The number of hydrogen-bond donors (Lipinski definition) is 1. The average Bonchev–Trinajstić information content (AvgIpc) is 2.40. The van der Waals surface area contributed by atoms with E-state index in [9.17, 15) is 14.7 Å². The Hall–Kier alpha value is -1.26. The van der Waals surface area contributed by atoms with E-state index in [4.69, 9.17) is 4.74 Å². The number of ether oxygens (including phenoxy) is 1. The number of hydrogen-bond acceptors (Lipinski definition) is 3. The third-order valence-electron chi connectivity index (χ3n) is 3.07. The molecule has 0 aliphatic carbocycles. The van der Waals surface area contributed by atoms with Gasteiger partial charge in [0.15, 0.2) is 0 Å². The van der Waals surface area contributed by atoms with Gasteiger partial charge in [-0.2, -0.15) is 0 Å². The molecule has 0 radical (unpaired) electrons. The topological polar surface area (TPSA) is 66.8 Å². The van der Waals surface area contributed by atoms with Gasteiger partial charge in [0.05, 0.1) is 0 Å². The van der Waals surface area contributed by atoms with Crippen LogP contribution in [0, 0.1) is 0 Å². The molecule has 1 saturated heterocycles. The first kappa shape index (κ1) is 13.8. The number of amides is 1. The van der Waals surface area contributed by atoms with Crippen LogP contribution in [0.2, 0.25) is 0 Å². The zero-order valence-corrected chi connectivity index (χ0v) is 11.1. The molecular weight excluding hydrogens is 222 g/mol. The van der Waals surface area contributed by atoms with Crippen LogP contribution < -0.4 is 0 Å². The van der Waals surface area contributed by atoms with Gasteiger partial charge in [-0.15, -0.1) is 0 Å². The van der Waals surface area contributed by atoms with Crippen LogP contribution in [-0.4, -0.2) is 39.3 Å². The molecule has 5 nitrogen and oxygen atoms in total. The lowest BCUT2D eigenvalue weighted by Gasteiger charge is -2.35. The van der Waals surface area contributed by atoms with E-state index >= 15 is 0 Å². The maximum absolute atomic E-state index is 12.0. The molecule has 17 heavy (non-hydrogen) atoms. The van der Waals surface area contributed by atoms with E-state index in [1.54, 1.807) is 27.7 Å². The third-order valence-corrected chi connectivity index (χ3v) is 3.07. The maximum Gasteiger partial charge on any atom is 0.411 e. The highest BCUT2D eigenvalue weighted by Crippen LogP contribution is 2.35. The van der Waals surface area contributed by atoms with Gasteiger partial charge in [-0.05, 0) is 47.5 Å². The summed E-state index contributed by atoms with van der Waals surface area (Å²) in [5, 5.41) is 9.26. The molecule has 0 spiro atoms. The maximum atomic E-state index is 12.0. The summed E-state index contributed by atoms with van der Waals surface area (Å²) in [5.74, 6) is -0.979. The standard InChI is InChI=1S/C12H21NO4/c1-8-6-7-12(5,9(14)15)13(8)10(16)17-11(2,3)4/h8H,6-7H2,1-5H3,(H,14,15)/t8-,12+/m0/s1. The Labute approximate surface area is 102 Å². The third kappa shape index (κ3) is 2.70. The minimum atomic E-state index is -1.15. The summed E-state index contributed by atoms with van der Waals surface area (Å²) in [6.45, 7) is 8.72. The predicted octanol–water partition coefficient (Wildman–Crippen LogP) is 2.25. The van der Waals surface area contributed by atoms with Gasteiger partial charge < -0.3 is 9.84 Å². The van der Waals surface area contributed by atoms with Gasteiger partial charge in [-0.25, -0.2) is 9.59 Å². The highest BCUT2D eigenvalue weighted by Gasteiger charge is 2.50. The number of nitrogens with zero attached hydrogens (tertiary/aromatic N) is 1. The quantitative estimate of drug-likeness (QED) is 0.767. The second-order valence-corrected chi connectivity index (χ2v) is 5.82. The molecule has 98 valence electrons. The van der Waals surface area contributed by atoms with Crippen LogP contribution in [0.4, 0.5) is 4.79 Å².